The smallest absolute Gasteiger partial charge is 0.242 e. The number of likely N-dealkylation sites (N-methyl/N-ethyl adjacent to an activating group) is 1. The molecular formula is C18H25N3O. The van der Waals surface area contributed by atoms with Crippen molar-refractivity contribution in [1.82, 2.24) is 10.2 Å². The van der Waals surface area contributed by atoms with Crippen molar-refractivity contribution in [3.8, 4) is 6.07 Å². The number of carbonyl (C=O) groups excluding carboxylic acids is 1. The zero-order chi connectivity index (χ0) is 15.8. The van der Waals surface area contributed by atoms with Crippen LogP contribution in [0.5, 0.6) is 0 Å². The minimum absolute atomic E-state index is 0.0542. The van der Waals surface area contributed by atoms with Gasteiger partial charge in [-0.3, -0.25) is 9.69 Å². The van der Waals surface area contributed by atoms with Crippen molar-refractivity contribution in [2.24, 2.45) is 0 Å². The monoisotopic (exact) mass is 299 g/mol. The Balaban J connectivity index is 2.09. The molecule has 1 saturated carbocycles. The Hall–Kier alpha value is -1.86. The summed E-state index contributed by atoms with van der Waals surface area (Å²) in [5.41, 5.74) is 0.983. The first-order valence-corrected chi connectivity index (χ1v) is 8.15. The summed E-state index contributed by atoms with van der Waals surface area (Å²) in [6.07, 6.45) is 6.26. The quantitative estimate of drug-likeness (QED) is 0.878. The molecule has 118 valence electrons. The molecule has 0 unspecified atom stereocenters. The van der Waals surface area contributed by atoms with Gasteiger partial charge in [-0.25, -0.2) is 0 Å². The van der Waals surface area contributed by atoms with Gasteiger partial charge in [0, 0.05) is 19.0 Å². The largest absolute Gasteiger partial charge is 0.352 e. The van der Waals surface area contributed by atoms with Gasteiger partial charge >= 0.3 is 0 Å². The van der Waals surface area contributed by atoms with Crippen molar-refractivity contribution in [3.63, 3.8) is 0 Å². The van der Waals surface area contributed by atoms with E-state index in [0.717, 1.165) is 18.4 Å². The van der Waals surface area contributed by atoms with Crippen molar-refractivity contribution in [1.29, 1.82) is 5.26 Å². The van der Waals surface area contributed by atoms with E-state index in [9.17, 15) is 4.79 Å². The molecule has 4 nitrogen and oxygen atoms in total. The second-order valence-corrected chi connectivity index (χ2v) is 6.05. The summed E-state index contributed by atoms with van der Waals surface area (Å²) in [6.45, 7) is 0.591. The lowest BCUT2D eigenvalue weighted by atomic mass is 9.94. The number of nitrogens with one attached hydrogen (secondary N) is 1. The van der Waals surface area contributed by atoms with Gasteiger partial charge in [0.1, 0.15) is 6.04 Å². The lowest BCUT2D eigenvalue weighted by Crippen LogP contribution is -2.44. The Labute approximate surface area is 133 Å². The van der Waals surface area contributed by atoms with E-state index in [1.165, 1.54) is 19.3 Å². The van der Waals surface area contributed by atoms with E-state index in [2.05, 4.69) is 11.4 Å². The minimum Gasteiger partial charge on any atom is -0.352 e. The van der Waals surface area contributed by atoms with Gasteiger partial charge in [0.2, 0.25) is 5.91 Å². The van der Waals surface area contributed by atoms with Crippen molar-refractivity contribution in [3.05, 3.63) is 35.9 Å². The molecule has 0 radical (unpaired) electrons. The molecule has 0 saturated heterocycles. The van der Waals surface area contributed by atoms with Gasteiger partial charge in [-0.2, -0.15) is 5.26 Å². The van der Waals surface area contributed by atoms with Crippen LogP contribution in [-0.2, 0) is 4.79 Å². The number of amides is 1. The molecule has 0 bridgehead atoms. The molecule has 2 rings (SSSR count). The highest BCUT2D eigenvalue weighted by atomic mass is 16.2. The summed E-state index contributed by atoms with van der Waals surface area (Å²) in [5, 5.41) is 12.0. The van der Waals surface area contributed by atoms with Crippen LogP contribution >= 0.6 is 0 Å². The van der Waals surface area contributed by atoms with Crippen LogP contribution in [0.15, 0.2) is 30.3 Å². The van der Waals surface area contributed by atoms with Crippen LogP contribution in [-0.4, -0.2) is 30.4 Å². The third kappa shape index (κ3) is 4.57. The van der Waals surface area contributed by atoms with Crippen LogP contribution in [0.4, 0.5) is 0 Å². The van der Waals surface area contributed by atoms with Crippen LogP contribution in [0, 0.1) is 11.3 Å². The average Bonchev–Trinajstić information content (AvgIpc) is 2.55. The predicted molar refractivity (Wildman–Crippen MR) is 87.1 cm³/mol. The number of hydrogen-bond donors (Lipinski definition) is 1. The summed E-state index contributed by atoms with van der Waals surface area (Å²) in [6, 6.07) is 12.0. The second-order valence-electron chi connectivity index (χ2n) is 6.05. The topological polar surface area (TPSA) is 56.1 Å². The standard InChI is InChI=1S/C18H25N3O/c1-21(14-8-13-19)17(15-9-4-2-5-10-15)18(22)20-16-11-6-3-7-12-16/h2,4-5,9-10,16-17H,3,6-8,11-12,14H2,1H3,(H,20,22)/t17-/m1/s1. The minimum atomic E-state index is -0.323. The maximum absolute atomic E-state index is 12.8. The van der Waals surface area contributed by atoms with Gasteiger partial charge in [0.25, 0.3) is 0 Å². The summed E-state index contributed by atoms with van der Waals surface area (Å²) >= 11 is 0. The number of hydrogen-bond acceptors (Lipinski definition) is 3. The van der Waals surface area contributed by atoms with E-state index in [-0.39, 0.29) is 11.9 Å². The van der Waals surface area contributed by atoms with E-state index in [4.69, 9.17) is 5.26 Å². The van der Waals surface area contributed by atoms with Gasteiger partial charge in [0.05, 0.1) is 6.07 Å². The van der Waals surface area contributed by atoms with Crippen LogP contribution in [0.3, 0.4) is 0 Å². The molecule has 22 heavy (non-hydrogen) atoms. The first-order chi connectivity index (χ1) is 10.7. The van der Waals surface area contributed by atoms with Crippen molar-refractivity contribution in [2.45, 2.75) is 50.6 Å². The maximum atomic E-state index is 12.8. The molecule has 1 atom stereocenters. The fraction of sp³-hybridized carbons (Fsp3) is 0.556. The Morgan fingerprint density at radius 2 is 2.00 bits per heavy atom. The zero-order valence-electron chi connectivity index (χ0n) is 13.3. The Morgan fingerprint density at radius 1 is 1.32 bits per heavy atom. The molecule has 1 aromatic rings. The molecule has 4 heteroatoms. The van der Waals surface area contributed by atoms with E-state index < -0.39 is 0 Å². The van der Waals surface area contributed by atoms with Gasteiger partial charge in [-0.1, -0.05) is 49.6 Å². The second kappa shape index (κ2) is 8.55. The van der Waals surface area contributed by atoms with Gasteiger partial charge in [0.15, 0.2) is 0 Å². The van der Waals surface area contributed by atoms with Crippen molar-refractivity contribution in [2.75, 3.05) is 13.6 Å². The Morgan fingerprint density at radius 3 is 2.64 bits per heavy atom. The highest BCUT2D eigenvalue weighted by Crippen LogP contribution is 2.22. The van der Waals surface area contributed by atoms with Crippen LogP contribution in [0.25, 0.3) is 0 Å². The van der Waals surface area contributed by atoms with E-state index in [1.54, 1.807) is 0 Å². The Bertz CT molecular complexity index is 503. The van der Waals surface area contributed by atoms with Gasteiger partial charge in [-0.15, -0.1) is 0 Å². The van der Waals surface area contributed by atoms with Crippen molar-refractivity contribution >= 4 is 5.91 Å². The fourth-order valence-corrected chi connectivity index (χ4v) is 3.12. The number of nitriles is 1. The summed E-state index contributed by atoms with van der Waals surface area (Å²) in [7, 11) is 1.91. The molecule has 1 fully saturated rings. The SMILES string of the molecule is CN(CCC#N)[C@@H](C(=O)NC1CCCCC1)c1ccccc1. The zero-order valence-corrected chi connectivity index (χ0v) is 13.3. The predicted octanol–water partition coefficient (Wildman–Crippen LogP) is 3.02. The average molecular weight is 299 g/mol. The maximum Gasteiger partial charge on any atom is 0.242 e. The van der Waals surface area contributed by atoms with Crippen LogP contribution in [0.2, 0.25) is 0 Å². The van der Waals surface area contributed by atoms with Gasteiger partial charge < -0.3 is 5.32 Å². The van der Waals surface area contributed by atoms with Gasteiger partial charge in [-0.05, 0) is 25.5 Å². The molecule has 0 aliphatic heterocycles. The summed E-state index contributed by atoms with van der Waals surface area (Å²) in [5.74, 6) is 0.0542. The highest BCUT2D eigenvalue weighted by Gasteiger charge is 2.27. The first-order valence-electron chi connectivity index (χ1n) is 8.15. The molecule has 0 heterocycles. The number of rotatable bonds is 6. The Kier molecular flexibility index (Phi) is 6.42. The molecule has 1 aromatic carbocycles. The fourth-order valence-electron chi connectivity index (χ4n) is 3.12. The third-order valence-corrected chi connectivity index (χ3v) is 4.33. The van der Waals surface area contributed by atoms with Crippen LogP contribution in [0.1, 0.15) is 50.1 Å². The molecule has 0 spiro atoms. The van der Waals surface area contributed by atoms with E-state index >= 15 is 0 Å². The lowest BCUT2D eigenvalue weighted by molar-refractivity contribution is -0.127. The number of nitrogens with zero attached hydrogens (tertiary/aromatic N) is 2. The van der Waals surface area contributed by atoms with Crippen LogP contribution < -0.4 is 5.32 Å². The first kappa shape index (κ1) is 16.5. The molecular weight excluding hydrogens is 274 g/mol. The van der Waals surface area contributed by atoms with Crippen molar-refractivity contribution < 1.29 is 4.79 Å². The molecule has 1 aliphatic rings. The summed E-state index contributed by atoms with van der Waals surface area (Å²) < 4.78 is 0. The highest BCUT2D eigenvalue weighted by molar-refractivity contribution is 5.83. The molecule has 1 aliphatic carbocycles. The molecule has 1 N–H and O–H groups in total. The third-order valence-electron chi connectivity index (χ3n) is 4.33. The number of carbonyl (C=O) groups is 1. The normalized spacial score (nSPS) is 17.0. The number of benzene rings is 1. The van der Waals surface area contributed by atoms with E-state index in [1.807, 2.05) is 42.3 Å². The summed E-state index contributed by atoms with van der Waals surface area (Å²) in [4.78, 5) is 14.7. The molecule has 0 aromatic heterocycles. The van der Waals surface area contributed by atoms with E-state index in [0.29, 0.717) is 19.0 Å². The molecule has 1 amide bonds. The lowest BCUT2D eigenvalue weighted by Gasteiger charge is -2.30.